The van der Waals surface area contributed by atoms with E-state index in [4.69, 9.17) is 9.84 Å². The molecule has 7 nitrogen and oxygen atoms in total. The van der Waals surface area contributed by atoms with Gasteiger partial charge in [-0.1, -0.05) is 24.3 Å². The van der Waals surface area contributed by atoms with E-state index in [-0.39, 0.29) is 37.1 Å². The number of carboxylic acid groups (broad SMARTS) is 1. The van der Waals surface area contributed by atoms with E-state index in [1.165, 1.54) is 6.20 Å². The Morgan fingerprint density at radius 3 is 2.67 bits per heavy atom. The zero-order valence-electron chi connectivity index (χ0n) is 19.5. The molecule has 36 heavy (non-hydrogen) atoms. The van der Waals surface area contributed by atoms with Crippen LogP contribution in [0.25, 0.3) is 0 Å². The molecule has 0 aliphatic heterocycles. The molecule has 2 N–H and O–H groups in total. The molecule has 1 aliphatic rings. The summed E-state index contributed by atoms with van der Waals surface area (Å²) in [5.74, 6) is -1.51. The van der Waals surface area contributed by atoms with Gasteiger partial charge < -0.3 is 14.7 Å². The van der Waals surface area contributed by atoms with E-state index in [0.717, 1.165) is 60.9 Å². The maximum Gasteiger partial charge on any atom is 0.416 e. The van der Waals surface area contributed by atoms with Crippen LogP contribution in [-0.4, -0.2) is 51.9 Å². The lowest BCUT2D eigenvalue weighted by Gasteiger charge is -2.36. The van der Waals surface area contributed by atoms with E-state index >= 15 is 0 Å². The second-order valence-corrected chi connectivity index (χ2v) is 10.9. The highest BCUT2D eigenvalue weighted by Gasteiger charge is 2.34. The molecule has 1 heterocycles. The van der Waals surface area contributed by atoms with Crippen LogP contribution in [-0.2, 0) is 22.3 Å². The molecular weight excluding hydrogens is 522 g/mol. The van der Waals surface area contributed by atoms with Gasteiger partial charge in [-0.3, -0.25) is 10.1 Å². The predicted octanol–water partition coefficient (Wildman–Crippen LogP) is 6.11. The Kier molecular flexibility index (Phi) is 9.97. The molecule has 2 aromatic rings. The van der Waals surface area contributed by atoms with Gasteiger partial charge in [-0.25, -0.2) is 14.2 Å². The minimum atomic E-state index is -4.71. The third-order valence-corrected chi connectivity index (χ3v) is 7.93. The summed E-state index contributed by atoms with van der Waals surface area (Å²) in [7, 11) is 0. The molecule has 198 valence electrons. The number of thiazole rings is 1. The molecule has 1 aliphatic carbocycles. The van der Waals surface area contributed by atoms with E-state index in [2.05, 4.69) is 17.2 Å². The largest absolute Gasteiger partial charge is 0.481 e. The molecular formula is C23H27F4N3O4S2. The Morgan fingerprint density at radius 2 is 2.00 bits per heavy atom. The van der Waals surface area contributed by atoms with E-state index < -0.39 is 29.6 Å². The molecule has 1 fully saturated rings. The number of ether oxygens (including phenoxy) is 1. The lowest BCUT2D eigenvalue weighted by molar-refractivity contribution is -0.139. The number of urea groups is 1. The number of halogens is 4. The first-order valence-corrected chi connectivity index (χ1v) is 13.1. The van der Waals surface area contributed by atoms with Crippen LogP contribution >= 0.6 is 23.1 Å². The number of carbonyl (C=O) groups is 2. The van der Waals surface area contributed by atoms with Crippen molar-refractivity contribution in [1.29, 1.82) is 0 Å². The van der Waals surface area contributed by atoms with Crippen molar-refractivity contribution in [3.8, 4) is 0 Å². The number of rotatable bonds is 10. The SMILES string of the molecule is C[C@H]1CC[C@H](N(CCOCc2ccc(F)cc2C(F)(F)F)C(=O)Nc2ncc(SCC(=O)O)s2)CC1. The molecule has 1 saturated carbocycles. The number of hydrogen-bond acceptors (Lipinski definition) is 6. The summed E-state index contributed by atoms with van der Waals surface area (Å²) < 4.78 is 59.1. The van der Waals surface area contributed by atoms with Crippen molar-refractivity contribution in [2.24, 2.45) is 5.92 Å². The van der Waals surface area contributed by atoms with Gasteiger partial charge in [-0.05, 0) is 49.3 Å². The van der Waals surface area contributed by atoms with Gasteiger partial charge in [0.2, 0.25) is 0 Å². The first-order valence-electron chi connectivity index (χ1n) is 11.3. The number of nitrogens with zero attached hydrogens (tertiary/aromatic N) is 2. The lowest BCUT2D eigenvalue weighted by Crippen LogP contribution is -2.46. The third kappa shape index (κ3) is 8.34. The molecule has 0 saturated heterocycles. The Balaban J connectivity index is 1.62. The van der Waals surface area contributed by atoms with Crippen LogP contribution in [0.2, 0.25) is 0 Å². The Bertz CT molecular complexity index is 1040. The van der Waals surface area contributed by atoms with Gasteiger partial charge in [0, 0.05) is 12.6 Å². The second-order valence-electron chi connectivity index (χ2n) is 8.56. The van der Waals surface area contributed by atoms with Crippen LogP contribution in [0.1, 0.15) is 43.7 Å². The van der Waals surface area contributed by atoms with Crippen LogP contribution in [0, 0.1) is 11.7 Å². The van der Waals surface area contributed by atoms with Crippen molar-refractivity contribution < 1.29 is 37.0 Å². The highest BCUT2D eigenvalue weighted by atomic mass is 32.2. The van der Waals surface area contributed by atoms with E-state index in [1.807, 2.05) is 0 Å². The van der Waals surface area contributed by atoms with Crippen LogP contribution < -0.4 is 5.32 Å². The summed E-state index contributed by atoms with van der Waals surface area (Å²) in [6.07, 6.45) is 0.274. The topological polar surface area (TPSA) is 91.8 Å². The van der Waals surface area contributed by atoms with Crippen molar-refractivity contribution in [3.05, 3.63) is 41.3 Å². The molecule has 0 spiro atoms. The van der Waals surface area contributed by atoms with Gasteiger partial charge in [-0.2, -0.15) is 13.2 Å². The summed E-state index contributed by atoms with van der Waals surface area (Å²) in [4.78, 5) is 29.6. The number of hydrogen-bond donors (Lipinski definition) is 2. The number of amides is 2. The third-order valence-electron chi connectivity index (χ3n) is 5.83. The van der Waals surface area contributed by atoms with E-state index in [9.17, 15) is 27.2 Å². The number of anilines is 1. The summed E-state index contributed by atoms with van der Waals surface area (Å²) >= 11 is 2.26. The predicted molar refractivity (Wildman–Crippen MR) is 129 cm³/mol. The molecule has 0 atom stereocenters. The summed E-state index contributed by atoms with van der Waals surface area (Å²) in [6, 6.07) is 1.99. The van der Waals surface area contributed by atoms with Crippen molar-refractivity contribution in [3.63, 3.8) is 0 Å². The first-order chi connectivity index (χ1) is 17.0. The number of aliphatic carboxylic acids is 1. The second kappa shape index (κ2) is 12.7. The van der Waals surface area contributed by atoms with Crippen LogP contribution in [0.4, 0.5) is 27.5 Å². The summed E-state index contributed by atoms with van der Waals surface area (Å²) in [5, 5.41) is 11.9. The molecule has 1 aromatic heterocycles. The molecule has 0 radical (unpaired) electrons. The average Bonchev–Trinajstić information content (AvgIpc) is 3.26. The normalized spacial score (nSPS) is 18.1. The van der Waals surface area contributed by atoms with Crippen molar-refractivity contribution in [1.82, 2.24) is 9.88 Å². The van der Waals surface area contributed by atoms with Crippen molar-refractivity contribution in [2.45, 2.75) is 55.6 Å². The molecule has 13 heteroatoms. The number of carbonyl (C=O) groups excluding carboxylic acids is 1. The number of nitrogens with one attached hydrogen (secondary N) is 1. The number of thioether (sulfide) groups is 1. The molecule has 0 bridgehead atoms. The minimum absolute atomic E-state index is 0.00820. The quantitative estimate of drug-likeness (QED) is 0.211. The maximum absolute atomic E-state index is 13.3. The summed E-state index contributed by atoms with van der Waals surface area (Å²) in [6.45, 7) is 1.92. The van der Waals surface area contributed by atoms with Crippen molar-refractivity contribution in [2.75, 3.05) is 24.2 Å². The molecule has 1 aromatic carbocycles. The molecule has 3 rings (SSSR count). The van der Waals surface area contributed by atoms with Gasteiger partial charge in [-0.15, -0.1) is 11.8 Å². The van der Waals surface area contributed by atoms with Crippen LogP contribution in [0.15, 0.2) is 28.6 Å². The highest BCUT2D eigenvalue weighted by Crippen LogP contribution is 2.33. The Morgan fingerprint density at radius 1 is 1.28 bits per heavy atom. The van der Waals surface area contributed by atoms with E-state index in [1.54, 1.807) is 4.90 Å². The minimum Gasteiger partial charge on any atom is -0.481 e. The maximum atomic E-state index is 13.3. The van der Waals surface area contributed by atoms with E-state index in [0.29, 0.717) is 21.3 Å². The first kappa shape index (κ1) is 28.2. The van der Waals surface area contributed by atoms with Crippen LogP contribution in [0.5, 0.6) is 0 Å². The summed E-state index contributed by atoms with van der Waals surface area (Å²) in [5.41, 5.74) is -1.26. The van der Waals surface area contributed by atoms with Gasteiger partial charge >= 0.3 is 18.2 Å². The van der Waals surface area contributed by atoms with Crippen molar-refractivity contribution >= 4 is 40.2 Å². The van der Waals surface area contributed by atoms with Gasteiger partial charge in [0.25, 0.3) is 0 Å². The lowest BCUT2D eigenvalue weighted by atomic mass is 9.86. The number of alkyl halides is 3. The fourth-order valence-corrected chi connectivity index (χ4v) is 5.55. The number of aromatic nitrogens is 1. The van der Waals surface area contributed by atoms with Crippen LogP contribution in [0.3, 0.4) is 0 Å². The zero-order valence-corrected chi connectivity index (χ0v) is 21.1. The highest BCUT2D eigenvalue weighted by molar-refractivity contribution is 8.01. The average molecular weight is 550 g/mol. The fraction of sp³-hybridized carbons (Fsp3) is 0.522. The monoisotopic (exact) mass is 549 g/mol. The number of carboxylic acids is 1. The smallest absolute Gasteiger partial charge is 0.416 e. The zero-order chi connectivity index (χ0) is 26.3. The Hall–Kier alpha value is -2.38. The van der Waals surface area contributed by atoms with Gasteiger partial charge in [0.05, 0.1) is 34.9 Å². The Labute approximate surface area is 214 Å². The van der Waals surface area contributed by atoms with Gasteiger partial charge in [0.1, 0.15) is 5.82 Å². The molecule has 2 amide bonds. The fourth-order valence-electron chi connectivity index (χ4n) is 3.97. The standard InChI is InChI=1S/C23H27F4N3O4S2/c1-14-2-6-17(7-3-14)30(22(33)29-21-28-11-20(36-21)35-13-19(31)32)8-9-34-12-15-4-5-16(24)10-18(15)23(25,26)27/h4-5,10-11,14,17H,2-3,6-9,12-13H2,1H3,(H,31,32)(H,28,29,33)/t14-,17-. The van der Waals surface area contributed by atoms with Gasteiger partial charge in [0.15, 0.2) is 5.13 Å². The number of benzene rings is 1. The molecule has 0 unspecified atom stereocenters.